The number of likely N-dealkylation sites (N-methyl/N-ethyl adjacent to an activating group) is 1. The number of nitro benzene ring substituents is 1. The molecule has 1 fully saturated rings. The maximum absolute atomic E-state index is 13.0. The van der Waals surface area contributed by atoms with E-state index in [0.717, 1.165) is 18.4 Å². The second-order valence-electron chi connectivity index (χ2n) is 7.13. The quantitative estimate of drug-likeness (QED) is 0.485. The van der Waals surface area contributed by atoms with Crippen molar-refractivity contribution in [3.63, 3.8) is 0 Å². The van der Waals surface area contributed by atoms with Gasteiger partial charge in [-0.3, -0.25) is 19.7 Å². The first-order valence-corrected chi connectivity index (χ1v) is 9.72. The third-order valence-corrected chi connectivity index (χ3v) is 4.81. The maximum atomic E-state index is 13.0. The van der Waals surface area contributed by atoms with E-state index >= 15 is 0 Å². The highest BCUT2D eigenvalue weighted by molar-refractivity contribution is 5.96. The first-order valence-electron chi connectivity index (χ1n) is 9.72. The van der Waals surface area contributed by atoms with Crippen LogP contribution in [0.2, 0.25) is 0 Å². The SMILES string of the molecule is CCN(CC(=O)NCc1ccc(F)cc1)c1ccc(C(=O)NC2CC2)cc1[N+](=O)[O-]. The topological polar surface area (TPSA) is 105 Å². The van der Waals surface area contributed by atoms with E-state index in [9.17, 15) is 24.1 Å². The number of hydrogen-bond donors (Lipinski definition) is 2. The molecule has 8 nitrogen and oxygen atoms in total. The highest BCUT2D eigenvalue weighted by Gasteiger charge is 2.26. The van der Waals surface area contributed by atoms with Crippen molar-refractivity contribution in [3.8, 4) is 0 Å². The number of hydrogen-bond acceptors (Lipinski definition) is 5. The molecule has 0 radical (unpaired) electrons. The summed E-state index contributed by atoms with van der Waals surface area (Å²) in [6.45, 7) is 2.27. The molecule has 0 bridgehead atoms. The Morgan fingerprint density at radius 3 is 2.50 bits per heavy atom. The first-order chi connectivity index (χ1) is 14.4. The van der Waals surface area contributed by atoms with Crippen LogP contribution in [0.25, 0.3) is 0 Å². The van der Waals surface area contributed by atoms with E-state index in [2.05, 4.69) is 10.6 Å². The molecule has 0 heterocycles. The summed E-state index contributed by atoms with van der Waals surface area (Å²) >= 11 is 0. The molecule has 0 atom stereocenters. The molecule has 0 aromatic heterocycles. The third kappa shape index (κ3) is 5.53. The summed E-state index contributed by atoms with van der Waals surface area (Å²) in [5.74, 6) is -1.03. The molecule has 0 unspecified atom stereocenters. The van der Waals surface area contributed by atoms with Crippen molar-refractivity contribution in [2.75, 3.05) is 18.0 Å². The molecular formula is C21H23FN4O4. The number of carbonyl (C=O) groups excluding carboxylic acids is 2. The predicted molar refractivity (Wildman–Crippen MR) is 110 cm³/mol. The number of anilines is 1. The molecule has 9 heteroatoms. The number of nitrogens with zero attached hydrogens (tertiary/aromatic N) is 2. The van der Waals surface area contributed by atoms with Gasteiger partial charge in [0.1, 0.15) is 11.5 Å². The van der Waals surface area contributed by atoms with Crippen LogP contribution in [-0.4, -0.2) is 35.9 Å². The largest absolute Gasteiger partial charge is 0.357 e. The molecule has 30 heavy (non-hydrogen) atoms. The first kappa shape index (κ1) is 21.2. The Kier molecular flexibility index (Phi) is 6.61. The number of rotatable bonds is 9. The van der Waals surface area contributed by atoms with E-state index in [1.807, 2.05) is 0 Å². The zero-order valence-corrected chi connectivity index (χ0v) is 16.6. The summed E-state index contributed by atoms with van der Waals surface area (Å²) in [5, 5.41) is 17.1. The van der Waals surface area contributed by atoms with Gasteiger partial charge in [0.15, 0.2) is 0 Å². The lowest BCUT2D eigenvalue weighted by Crippen LogP contribution is -2.37. The normalized spacial score (nSPS) is 12.9. The average Bonchev–Trinajstić information content (AvgIpc) is 3.55. The Morgan fingerprint density at radius 1 is 1.20 bits per heavy atom. The van der Waals surface area contributed by atoms with Crippen LogP contribution in [0.3, 0.4) is 0 Å². The van der Waals surface area contributed by atoms with Crippen molar-refractivity contribution >= 4 is 23.2 Å². The molecule has 3 rings (SSSR count). The summed E-state index contributed by atoms with van der Waals surface area (Å²) in [6.07, 6.45) is 1.84. The van der Waals surface area contributed by atoms with Crippen LogP contribution in [0.4, 0.5) is 15.8 Å². The van der Waals surface area contributed by atoms with Crippen LogP contribution in [-0.2, 0) is 11.3 Å². The van der Waals surface area contributed by atoms with Gasteiger partial charge in [0.2, 0.25) is 5.91 Å². The predicted octanol–water partition coefficient (Wildman–Crippen LogP) is 2.77. The molecule has 1 saturated carbocycles. The molecular weight excluding hydrogens is 391 g/mol. The molecule has 2 aromatic carbocycles. The van der Waals surface area contributed by atoms with Crippen molar-refractivity contribution in [1.29, 1.82) is 0 Å². The number of nitrogens with one attached hydrogen (secondary N) is 2. The Morgan fingerprint density at radius 2 is 1.90 bits per heavy atom. The minimum atomic E-state index is -0.553. The van der Waals surface area contributed by atoms with E-state index < -0.39 is 4.92 Å². The summed E-state index contributed by atoms with van der Waals surface area (Å²) in [4.78, 5) is 37.2. The molecule has 0 spiro atoms. The highest BCUT2D eigenvalue weighted by atomic mass is 19.1. The van der Waals surface area contributed by atoms with Crippen molar-refractivity contribution in [1.82, 2.24) is 10.6 Å². The summed E-state index contributed by atoms with van der Waals surface area (Å²) in [7, 11) is 0. The summed E-state index contributed by atoms with van der Waals surface area (Å²) < 4.78 is 13.0. The highest BCUT2D eigenvalue weighted by Crippen LogP contribution is 2.29. The van der Waals surface area contributed by atoms with Gasteiger partial charge in [-0.15, -0.1) is 0 Å². The van der Waals surface area contributed by atoms with Gasteiger partial charge in [0, 0.05) is 30.8 Å². The fraction of sp³-hybridized carbons (Fsp3) is 0.333. The Labute approximate surface area is 173 Å². The van der Waals surface area contributed by atoms with Crippen LogP contribution >= 0.6 is 0 Å². The average molecular weight is 414 g/mol. The fourth-order valence-electron chi connectivity index (χ4n) is 2.97. The Balaban J connectivity index is 1.69. The molecule has 2 aromatic rings. The monoisotopic (exact) mass is 414 g/mol. The second kappa shape index (κ2) is 9.34. The standard InChI is InChI=1S/C21H23FN4O4/c1-2-25(13-20(27)23-12-14-3-6-16(22)7-4-14)18-10-5-15(11-19(18)26(29)30)21(28)24-17-8-9-17/h3-7,10-11,17H,2,8-9,12-13H2,1H3,(H,23,27)(H,24,28). The van der Waals surface area contributed by atoms with Crippen molar-refractivity contribution in [2.24, 2.45) is 0 Å². The molecule has 1 aliphatic carbocycles. The number of nitro groups is 1. The number of amides is 2. The van der Waals surface area contributed by atoms with Crippen LogP contribution in [0.15, 0.2) is 42.5 Å². The van der Waals surface area contributed by atoms with Gasteiger partial charge in [0.05, 0.1) is 11.5 Å². The second-order valence-corrected chi connectivity index (χ2v) is 7.13. The van der Waals surface area contributed by atoms with Crippen molar-refractivity contribution < 1.29 is 18.9 Å². The summed E-state index contributed by atoms with van der Waals surface area (Å²) in [5.41, 5.74) is 0.994. The zero-order valence-electron chi connectivity index (χ0n) is 16.6. The van der Waals surface area contributed by atoms with Gasteiger partial charge in [-0.25, -0.2) is 4.39 Å². The Bertz CT molecular complexity index is 945. The van der Waals surface area contributed by atoms with Gasteiger partial charge in [-0.1, -0.05) is 12.1 Å². The lowest BCUT2D eigenvalue weighted by Gasteiger charge is -2.22. The lowest BCUT2D eigenvalue weighted by atomic mass is 10.1. The molecule has 2 amide bonds. The Hall–Kier alpha value is -3.49. The van der Waals surface area contributed by atoms with Crippen LogP contribution in [0.1, 0.15) is 35.7 Å². The van der Waals surface area contributed by atoms with E-state index in [4.69, 9.17) is 0 Å². The zero-order chi connectivity index (χ0) is 21.7. The van der Waals surface area contributed by atoms with Crippen LogP contribution in [0.5, 0.6) is 0 Å². The maximum Gasteiger partial charge on any atom is 0.293 e. The number of halogens is 1. The van der Waals surface area contributed by atoms with E-state index in [0.29, 0.717) is 6.54 Å². The minimum Gasteiger partial charge on any atom is -0.357 e. The third-order valence-electron chi connectivity index (χ3n) is 4.81. The molecule has 2 N–H and O–H groups in total. The van der Waals surface area contributed by atoms with E-state index in [1.54, 1.807) is 24.0 Å². The van der Waals surface area contributed by atoms with E-state index in [-0.39, 0.29) is 53.7 Å². The van der Waals surface area contributed by atoms with Gasteiger partial charge in [0.25, 0.3) is 11.6 Å². The fourth-order valence-corrected chi connectivity index (χ4v) is 2.97. The lowest BCUT2D eigenvalue weighted by molar-refractivity contribution is -0.384. The van der Waals surface area contributed by atoms with Crippen molar-refractivity contribution in [2.45, 2.75) is 32.4 Å². The number of carbonyl (C=O) groups is 2. The van der Waals surface area contributed by atoms with Crippen LogP contribution < -0.4 is 15.5 Å². The molecule has 0 saturated heterocycles. The smallest absolute Gasteiger partial charge is 0.293 e. The summed E-state index contributed by atoms with van der Waals surface area (Å²) in [6, 6.07) is 10.2. The van der Waals surface area contributed by atoms with Crippen molar-refractivity contribution in [3.05, 3.63) is 69.5 Å². The molecule has 0 aliphatic heterocycles. The van der Waals surface area contributed by atoms with Crippen LogP contribution in [0, 0.1) is 15.9 Å². The van der Waals surface area contributed by atoms with Gasteiger partial charge < -0.3 is 15.5 Å². The molecule has 1 aliphatic rings. The van der Waals surface area contributed by atoms with Gasteiger partial charge in [-0.05, 0) is 49.6 Å². The van der Waals surface area contributed by atoms with Gasteiger partial charge >= 0.3 is 0 Å². The molecule has 158 valence electrons. The number of benzene rings is 2. The minimum absolute atomic E-state index is 0.0911. The van der Waals surface area contributed by atoms with Gasteiger partial charge in [-0.2, -0.15) is 0 Å². The van der Waals surface area contributed by atoms with E-state index in [1.165, 1.54) is 30.3 Å².